The predicted octanol–water partition coefficient (Wildman–Crippen LogP) is 4.31. The smallest absolute Gasteiger partial charge is 0.249 e. The maximum atomic E-state index is 6.00. The van der Waals surface area contributed by atoms with E-state index in [9.17, 15) is 0 Å². The lowest BCUT2D eigenvalue weighted by Gasteiger charge is -2.10. The number of nitrogens with one attached hydrogen (secondary N) is 1. The summed E-state index contributed by atoms with van der Waals surface area (Å²) in [6.07, 6.45) is 0. The molecule has 0 atom stereocenters. The van der Waals surface area contributed by atoms with Crippen molar-refractivity contribution in [2.75, 3.05) is 5.32 Å². The molecule has 0 fully saturated rings. The molecule has 0 bridgehead atoms. The van der Waals surface area contributed by atoms with Gasteiger partial charge in [-0.05, 0) is 29.8 Å². The van der Waals surface area contributed by atoms with Crippen LogP contribution in [0.15, 0.2) is 52.9 Å². The molecular formula is C16H14ClN3O. The van der Waals surface area contributed by atoms with Crippen LogP contribution in [0.4, 0.5) is 5.69 Å². The Labute approximate surface area is 127 Å². The van der Waals surface area contributed by atoms with E-state index in [1.807, 2.05) is 48.5 Å². The van der Waals surface area contributed by atoms with Crippen LogP contribution in [0, 0.1) is 6.92 Å². The van der Waals surface area contributed by atoms with Gasteiger partial charge in [0.1, 0.15) is 0 Å². The number of rotatable bonds is 4. The zero-order valence-electron chi connectivity index (χ0n) is 11.5. The second-order valence-electron chi connectivity index (χ2n) is 4.66. The van der Waals surface area contributed by atoms with Gasteiger partial charge in [0.2, 0.25) is 11.8 Å². The molecule has 4 nitrogen and oxygen atoms in total. The molecule has 0 saturated carbocycles. The minimum Gasteiger partial charge on any atom is -0.421 e. The van der Waals surface area contributed by atoms with Crippen molar-refractivity contribution < 1.29 is 4.42 Å². The Morgan fingerprint density at radius 3 is 2.71 bits per heavy atom. The summed E-state index contributed by atoms with van der Waals surface area (Å²) < 4.78 is 5.50. The highest BCUT2D eigenvalue weighted by Crippen LogP contribution is 2.27. The van der Waals surface area contributed by atoms with Crippen molar-refractivity contribution in [1.82, 2.24) is 10.2 Å². The Morgan fingerprint density at radius 1 is 1.10 bits per heavy atom. The van der Waals surface area contributed by atoms with Crippen molar-refractivity contribution in [2.24, 2.45) is 0 Å². The minimum atomic E-state index is 0.515. The molecule has 0 amide bonds. The van der Waals surface area contributed by atoms with E-state index in [4.69, 9.17) is 16.0 Å². The van der Waals surface area contributed by atoms with Crippen molar-refractivity contribution in [3.05, 3.63) is 65.0 Å². The number of nitrogens with zero attached hydrogens (tertiary/aromatic N) is 2. The highest BCUT2D eigenvalue weighted by molar-refractivity contribution is 6.30. The number of para-hydroxylation sites is 1. The number of hydrogen-bond donors (Lipinski definition) is 1. The SMILES string of the molecule is Cc1nnc(-c2ccccc2NCc2cccc(Cl)c2)o1. The average Bonchev–Trinajstić information content (AvgIpc) is 2.92. The van der Waals surface area contributed by atoms with Gasteiger partial charge in [0, 0.05) is 24.2 Å². The zero-order chi connectivity index (χ0) is 14.7. The molecule has 0 radical (unpaired) electrons. The van der Waals surface area contributed by atoms with Gasteiger partial charge < -0.3 is 9.73 Å². The molecule has 0 aliphatic carbocycles. The van der Waals surface area contributed by atoms with Crippen LogP contribution in [0.2, 0.25) is 5.02 Å². The first-order valence-electron chi connectivity index (χ1n) is 6.60. The summed E-state index contributed by atoms with van der Waals surface area (Å²) >= 11 is 6.00. The third-order valence-corrected chi connectivity index (χ3v) is 3.29. The van der Waals surface area contributed by atoms with Crippen molar-refractivity contribution in [1.29, 1.82) is 0 Å². The number of aryl methyl sites for hydroxylation is 1. The fourth-order valence-electron chi connectivity index (χ4n) is 2.07. The Balaban J connectivity index is 1.83. The maximum Gasteiger partial charge on any atom is 0.249 e. The largest absolute Gasteiger partial charge is 0.421 e. The van der Waals surface area contributed by atoms with Crippen LogP contribution in [0.5, 0.6) is 0 Å². The molecule has 1 N–H and O–H groups in total. The summed E-state index contributed by atoms with van der Waals surface area (Å²) in [7, 11) is 0. The number of hydrogen-bond acceptors (Lipinski definition) is 4. The molecule has 0 unspecified atom stereocenters. The summed E-state index contributed by atoms with van der Waals surface area (Å²) in [5.41, 5.74) is 2.94. The van der Waals surface area contributed by atoms with Crippen LogP contribution in [0.1, 0.15) is 11.5 Å². The third-order valence-electron chi connectivity index (χ3n) is 3.06. The zero-order valence-corrected chi connectivity index (χ0v) is 12.3. The van der Waals surface area contributed by atoms with Gasteiger partial charge in [-0.3, -0.25) is 0 Å². The monoisotopic (exact) mass is 299 g/mol. The van der Waals surface area contributed by atoms with Gasteiger partial charge in [0.25, 0.3) is 0 Å². The first-order valence-corrected chi connectivity index (χ1v) is 6.98. The van der Waals surface area contributed by atoms with E-state index in [0.29, 0.717) is 18.3 Å². The van der Waals surface area contributed by atoms with Crippen LogP contribution in [-0.4, -0.2) is 10.2 Å². The Bertz CT molecular complexity index is 755. The lowest BCUT2D eigenvalue weighted by atomic mass is 10.1. The van der Waals surface area contributed by atoms with Crippen LogP contribution in [-0.2, 0) is 6.54 Å². The predicted molar refractivity (Wildman–Crippen MR) is 83.2 cm³/mol. The molecule has 0 saturated heterocycles. The maximum absolute atomic E-state index is 6.00. The molecule has 0 aliphatic rings. The lowest BCUT2D eigenvalue weighted by Crippen LogP contribution is -2.00. The molecular weight excluding hydrogens is 286 g/mol. The molecule has 1 heterocycles. The normalized spacial score (nSPS) is 10.6. The molecule has 0 aliphatic heterocycles. The van der Waals surface area contributed by atoms with E-state index in [1.165, 1.54) is 0 Å². The first-order chi connectivity index (χ1) is 10.2. The molecule has 3 aromatic rings. The third kappa shape index (κ3) is 3.23. The summed E-state index contributed by atoms with van der Waals surface area (Å²) in [6.45, 7) is 2.45. The van der Waals surface area contributed by atoms with Gasteiger partial charge in [0.15, 0.2) is 0 Å². The highest BCUT2D eigenvalue weighted by atomic mass is 35.5. The van der Waals surface area contributed by atoms with Crippen LogP contribution >= 0.6 is 11.6 Å². The second kappa shape index (κ2) is 5.97. The fraction of sp³-hybridized carbons (Fsp3) is 0.125. The standard InChI is InChI=1S/C16H14ClN3O/c1-11-19-20-16(21-11)14-7-2-3-8-15(14)18-10-12-5-4-6-13(17)9-12/h2-9,18H,10H2,1H3. The Morgan fingerprint density at radius 2 is 1.95 bits per heavy atom. The Kier molecular flexibility index (Phi) is 3.88. The van der Waals surface area contributed by atoms with Crippen molar-refractivity contribution in [3.63, 3.8) is 0 Å². The number of aromatic nitrogens is 2. The molecule has 1 aromatic heterocycles. The first kappa shape index (κ1) is 13.6. The number of benzene rings is 2. The van der Waals surface area contributed by atoms with E-state index < -0.39 is 0 Å². The summed E-state index contributed by atoms with van der Waals surface area (Å²) in [5, 5.41) is 12.0. The van der Waals surface area contributed by atoms with Crippen LogP contribution in [0.25, 0.3) is 11.5 Å². The van der Waals surface area contributed by atoms with Gasteiger partial charge in [-0.1, -0.05) is 35.9 Å². The van der Waals surface area contributed by atoms with E-state index in [-0.39, 0.29) is 0 Å². The summed E-state index contributed by atoms with van der Waals surface area (Å²) in [6, 6.07) is 15.6. The van der Waals surface area contributed by atoms with Crippen molar-refractivity contribution in [2.45, 2.75) is 13.5 Å². The number of anilines is 1. The number of halogens is 1. The quantitative estimate of drug-likeness (QED) is 0.780. The molecule has 21 heavy (non-hydrogen) atoms. The molecule has 106 valence electrons. The molecule has 5 heteroatoms. The van der Waals surface area contributed by atoms with Crippen molar-refractivity contribution in [3.8, 4) is 11.5 Å². The summed E-state index contributed by atoms with van der Waals surface area (Å²) in [5.74, 6) is 1.07. The van der Waals surface area contributed by atoms with E-state index >= 15 is 0 Å². The molecule has 2 aromatic carbocycles. The average molecular weight is 300 g/mol. The van der Waals surface area contributed by atoms with Gasteiger partial charge >= 0.3 is 0 Å². The summed E-state index contributed by atoms with van der Waals surface area (Å²) in [4.78, 5) is 0. The lowest BCUT2D eigenvalue weighted by molar-refractivity contribution is 0.533. The highest BCUT2D eigenvalue weighted by Gasteiger charge is 2.10. The van der Waals surface area contributed by atoms with E-state index in [2.05, 4.69) is 15.5 Å². The van der Waals surface area contributed by atoms with E-state index in [1.54, 1.807) is 6.92 Å². The molecule has 3 rings (SSSR count). The Hall–Kier alpha value is -2.33. The van der Waals surface area contributed by atoms with E-state index in [0.717, 1.165) is 21.8 Å². The van der Waals surface area contributed by atoms with Gasteiger partial charge in [-0.15, -0.1) is 10.2 Å². The van der Waals surface area contributed by atoms with Crippen LogP contribution in [0.3, 0.4) is 0 Å². The fourth-order valence-corrected chi connectivity index (χ4v) is 2.29. The van der Waals surface area contributed by atoms with Crippen LogP contribution < -0.4 is 5.32 Å². The van der Waals surface area contributed by atoms with Gasteiger partial charge in [0.05, 0.1) is 5.56 Å². The van der Waals surface area contributed by atoms with Crippen molar-refractivity contribution >= 4 is 17.3 Å². The second-order valence-corrected chi connectivity index (χ2v) is 5.09. The molecule has 0 spiro atoms. The topological polar surface area (TPSA) is 51.0 Å². The van der Waals surface area contributed by atoms with Gasteiger partial charge in [-0.25, -0.2) is 0 Å². The minimum absolute atomic E-state index is 0.515. The van der Waals surface area contributed by atoms with Gasteiger partial charge in [-0.2, -0.15) is 0 Å².